The summed E-state index contributed by atoms with van der Waals surface area (Å²) in [5.41, 5.74) is 0.378. The molecule has 0 spiro atoms. The third-order valence-electron chi connectivity index (χ3n) is 12.8. The number of aliphatic hydroxyl groups is 1. The lowest BCUT2D eigenvalue weighted by Gasteiger charge is -2.40. The Bertz CT molecular complexity index is 1910. The van der Waals surface area contributed by atoms with Crippen molar-refractivity contribution in [2.24, 2.45) is 23.7 Å². The van der Waals surface area contributed by atoms with Gasteiger partial charge in [-0.15, -0.1) is 16.4 Å². The van der Waals surface area contributed by atoms with Gasteiger partial charge in [0.15, 0.2) is 17.7 Å². The van der Waals surface area contributed by atoms with Crippen LogP contribution in [0.25, 0.3) is 20.9 Å². The normalized spacial score (nSPS) is 29.4. The molecule has 2 aliphatic heterocycles. The van der Waals surface area contributed by atoms with Crippen molar-refractivity contribution in [1.29, 1.82) is 0 Å². The van der Waals surface area contributed by atoms with E-state index >= 15 is 0 Å². The molecule has 0 bridgehead atoms. The largest absolute Gasteiger partial charge is 0.458 e. The quantitative estimate of drug-likeness (QED) is 0.0549. The number of carbonyl (C=O) groups is 4. The highest BCUT2D eigenvalue weighted by Crippen LogP contribution is 2.39. The number of nitrogens with one attached hydrogen (secondary N) is 1. The van der Waals surface area contributed by atoms with Crippen LogP contribution >= 0.6 is 11.3 Å². The number of hydrogen-bond donors (Lipinski definition) is 2. The Kier molecular flexibility index (Phi) is 17.6. The molecular formula is C45H69N7O9S. The zero-order valence-corrected chi connectivity index (χ0v) is 39.0. The lowest BCUT2D eigenvalue weighted by molar-refractivity contribution is -0.241. The number of aliphatic hydroxyl groups excluding tert-OH is 1. The van der Waals surface area contributed by atoms with Gasteiger partial charge in [0.2, 0.25) is 0 Å². The van der Waals surface area contributed by atoms with Gasteiger partial charge in [-0.2, -0.15) is 0 Å². The molecule has 2 aromatic heterocycles. The Morgan fingerprint density at radius 2 is 1.82 bits per heavy atom. The van der Waals surface area contributed by atoms with Gasteiger partial charge in [-0.1, -0.05) is 45.0 Å². The SMILES string of the molecule is CCO[C@@H](O[C@H]1[C@@H](CC=O)C[C@@H](C)CN[C@H](C)[C@H]2N(CCCCn3cc(-c4nc5ccccc5s4)nn3)C(=O)O[C@]2(C)[C@@H](CC)OC(=O)[C@H](C)C(=O)[C@@H]1C)C(O)C(CC)N(C)C. The van der Waals surface area contributed by atoms with Crippen LogP contribution in [-0.2, 0) is 39.9 Å². The van der Waals surface area contributed by atoms with Gasteiger partial charge in [0.05, 0.1) is 28.6 Å². The minimum Gasteiger partial charge on any atom is -0.458 e. The molecule has 62 heavy (non-hydrogen) atoms. The summed E-state index contributed by atoms with van der Waals surface area (Å²) in [6, 6.07) is 6.80. The molecule has 0 radical (unpaired) electrons. The fraction of sp³-hybridized carbons (Fsp3) is 0.711. The topological polar surface area (TPSA) is 188 Å². The number of ketones is 1. The first-order valence-corrected chi connectivity index (χ1v) is 23.2. The smallest absolute Gasteiger partial charge is 0.410 e. The number of hydrogen-bond acceptors (Lipinski definition) is 15. The number of benzene rings is 1. The number of likely N-dealkylation sites (N-methyl/N-ethyl adjacent to an activating group) is 1. The van der Waals surface area contributed by atoms with Gasteiger partial charge < -0.3 is 39.1 Å². The summed E-state index contributed by atoms with van der Waals surface area (Å²) in [6.07, 6.45) is 1.19. The molecule has 4 heterocycles. The van der Waals surface area contributed by atoms with Crippen LogP contribution in [0.15, 0.2) is 30.5 Å². The average Bonchev–Trinajstić information content (AvgIpc) is 3.96. The highest BCUT2D eigenvalue weighted by atomic mass is 32.1. The monoisotopic (exact) mass is 883 g/mol. The number of thiazole rings is 1. The van der Waals surface area contributed by atoms with Gasteiger partial charge in [-0.05, 0) is 104 Å². The lowest BCUT2D eigenvalue weighted by atomic mass is 9.79. The average molecular weight is 884 g/mol. The first kappa shape index (κ1) is 49.2. The molecule has 2 unspecified atom stereocenters. The summed E-state index contributed by atoms with van der Waals surface area (Å²) in [5, 5.41) is 24.7. The standard InChI is InChI=1S/C45H69N7O9S/c1-11-34(50(9)10)38(55)43(58-13-3)60-39-28(5)37(54)29(6)42(56)59-36(12-2)45(8)40(30(7)46-25-27(4)24-31(39)20-23-53)52(44(57)61-45)22-17-16-21-51-26-33(48-49-51)41-47-32-18-14-15-19-35(32)62-41/h14-15,18-19,23,26-31,34,36,38-40,43,46,55H,11-13,16-17,20-22,24-25H2,1-10H3/t27-,28+,29-,30-,31+,34?,36-,38?,39-,40-,43+,45-/m1/s1. The second-order valence-electron chi connectivity index (χ2n) is 17.6. The Morgan fingerprint density at radius 3 is 2.48 bits per heavy atom. The van der Waals surface area contributed by atoms with E-state index in [1.807, 2.05) is 77.2 Å². The number of aromatic nitrogens is 4. The Morgan fingerprint density at radius 1 is 1.10 bits per heavy atom. The lowest BCUT2D eigenvalue weighted by Crippen LogP contribution is -2.60. The van der Waals surface area contributed by atoms with Gasteiger partial charge in [0.1, 0.15) is 35.1 Å². The van der Waals surface area contributed by atoms with E-state index in [4.69, 9.17) is 23.9 Å². The number of para-hydroxylation sites is 1. The molecule has 344 valence electrons. The summed E-state index contributed by atoms with van der Waals surface area (Å²) in [7, 11) is 3.74. The Labute approximate surface area is 370 Å². The summed E-state index contributed by atoms with van der Waals surface area (Å²) < 4.78 is 27.9. The van der Waals surface area contributed by atoms with E-state index in [0.717, 1.165) is 21.5 Å². The van der Waals surface area contributed by atoms with Gasteiger partial charge >= 0.3 is 12.1 Å². The van der Waals surface area contributed by atoms with Crippen molar-refractivity contribution in [3.05, 3.63) is 30.5 Å². The van der Waals surface area contributed by atoms with Gasteiger partial charge in [-0.3, -0.25) is 19.2 Å². The number of unbranched alkanes of at least 4 members (excludes halogenated alkanes) is 1. The molecule has 2 aliphatic rings. The maximum atomic E-state index is 14.4. The van der Waals surface area contributed by atoms with Crippen molar-refractivity contribution in [2.45, 2.75) is 149 Å². The number of rotatable bonds is 17. The van der Waals surface area contributed by atoms with Crippen LogP contribution in [0, 0.1) is 23.7 Å². The number of esters is 1. The van der Waals surface area contributed by atoms with Crippen molar-refractivity contribution in [3.8, 4) is 10.7 Å². The molecule has 2 N–H and O–H groups in total. The highest BCUT2D eigenvalue weighted by Gasteiger charge is 2.58. The van der Waals surface area contributed by atoms with Crippen LogP contribution in [0.4, 0.5) is 4.79 Å². The fourth-order valence-corrected chi connectivity index (χ4v) is 10.3. The number of amides is 1. The third kappa shape index (κ3) is 11.3. The van der Waals surface area contributed by atoms with E-state index in [1.165, 1.54) is 6.92 Å². The van der Waals surface area contributed by atoms with Crippen LogP contribution in [0.1, 0.15) is 93.9 Å². The van der Waals surface area contributed by atoms with E-state index in [0.29, 0.717) is 57.4 Å². The summed E-state index contributed by atoms with van der Waals surface area (Å²) >= 11 is 1.57. The predicted octanol–water partition coefficient (Wildman–Crippen LogP) is 5.75. The molecule has 12 atom stereocenters. The molecule has 5 rings (SSSR count). The second kappa shape index (κ2) is 22.2. The zero-order valence-electron chi connectivity index (χ0n) is 38.2. The molecule has 2 fully saturated rings. The third-order valence-corrected chi connectivity index (χ3v) is 13.8. The van der Waals surface area contributed by atoms with E-state index in [9.17, 15) is 24.3 Å². The highest BCUT2D eigenvalue weighted by molar-refractivity contribution is 7.21. The van der Waals surface area contributed by atoms with E-state index in [-0.39, 0.29) is 31.0 Å². The minimum absolute atomic E-state index is 0.0214. The van der Waals surface area contributed by atoms with Crippen LogP contribution in [0.2, 0.25) is 0 Å². The first-order valence-electron chi connectivity index (χ1n) is 22.4. The predicted molar refractivity (Wildman–Crippen MR) is 236 cm³/mol. The van der Waals surface area contributed by atoms with Crippen LogP contribution in [-0.4, -0.2) is 141 Å². The molecule has 1 amide bonds. The molecule has 1 aromatic carbocycles. The van der Waals surface area contributed by atoms with Crippen LogP contribution < -0.4 is 5.32 Å². The molecule has 3 aromatic rings. The van der Waals surface area contributed by atoms with E-state index in [2.05, 4.69) is 22.6 Å². The van der Waals surface area contributed by atoms with Gasteiger partial charge in [0, 0.05) is 44.1 Å². The van der Waals surface area contributed by atoms with Crippen LogP contribution in [0.3, 0.4) is 0 Å². The second-order valence-corrected chi connectivity index (χ2v) is 18.6. The molecule has 0 saturated carbocycles. The van der Waals surface area contributed by atoms with Crippen molar-refractivity contribution in [1.82, 2.24) is 35.1 Å². The molecule has 17 heteroatoms. The van der Waals surface area contributed by atoms with E-state index < -0.39 is 71.8 Å². The minimum atomic E-state index is -1.25. The number of carbonyl (C=O) groups excluding carboxylic acids is 4. The first-order chi connectivity index (χ1) is 29.6. The van der Waals surface area contributed by atoms with Crippen molar-refractivity contribution in [2.75, 3.05) is 33.8 Å². The summed E-state index contributed by atoms with van der Waals surface area (Å²) in [5.74, 6) is -3.72. The Balaban J connectivity index is 1.36. The number of aldehydes is 1. The summed E-state index contributed by atoms with van der Waals surface area (Å²) in [4.78, 5) is 62.9. The van der Waals surface area contributed by atoms with Gasteiger partial charge in [-0.25, -0.2) is 9.78 Å². The van der Waals surface area contributed by atoms with E-state index in [1.54, 1.807) is 34.8 Å². The molecule has 2 saturated heterocycles. The number of cyclic esters (lactones) is 1. The Hall–Kier alpha value is -3.87. The number of ether oxygens (including phenoxy) is 4. The molecule has 0 aliphatic carbocycles. The van der Waals surface area contributed by atoms with Crippen molar-refractivity contribution in [3.63, 3.8) is 0 Å². The van der Waals surface area contributed by atoms with Gasteiger partial charge in [0.25, 0.3) is 0 Å². The maximum absolute atomic E-state index is 14.4. The van der Waals surface area contributed by atoms with Crippen molar-refractivity contribution >= 4 is 45.7 Å². The van der Waals surface area contributed by atoms with Crippen molar-refractivity contribution < 1.29 is 43.2 Å². The fourth-order valence-electron chi connectivity index (χ4n) is 9.40. The maximum Gasteiger partial charge on any atom is 0.410 e. The molecular weight excluding hydrogens is 815 g/mol. The number of nitrogens with zero attached hydrogens (tertiary/aromatic N) is 6. The zero-order chi connectivity index (χ0) is 45.3. The van der Waals surface area contributed by atoms with Crippen LogP contribution in [0.5, 0.6) is 0 Å². The number of fused-ring (bicyclic) bond motifs is 2. The number of Topliss-reactive ketones (excluding diaryl/α,β-unsaturated/α-hetero) is 1. The molecule has 16 nitrogen and oxygen atoms in total. The summed E-state index contributed by atoms with van der Waals surface area (Å²) in [6.45, 7) is 16.5. The number of aryl methyl sites for hydroxylation is 1.